The highest BCUT2D eigenvalue weighted by Gasteiger charge is 2.60. The van der Waals surface area contributed by atoms with Gasteiger partial charge in [-0.15, -0.1) is 0 Å². The highest BCUT2D eigenvalue weighted by Crippen LogP contribution is 2.55. The lowest BCUT2D eigenvalue weighted by Crippen LogP contribution is -2.62. The number of fused-ring (bicyclic) bond motifs is 1. The van der Waals surface area contributed by atoms with Gasteiger partial charge in [-0.05, 0) is 19.3 Å². The predicted octanol–water partition coefficient (Wildman–Crippen LogP) is -0.490. The van der Waals surface area contributed by atoms with Crippen molar-refractivity contribution in [3.8, 4) is 0 Å². The van der Waals surface area contributed by atoms with Gasteiger partial charge in [0.15, 0.2) is 0 Å². The van der Waals surface area contributed by atoms with Crippen molar-refractivity contribution in [2.24, 2.45) is 23.2 Å². The van der Waals surface area contributed by atoms with E-state index in [9.17, 15) is 29.7 Å². The van der Waals surface area contributed by atoms with Gasteiger partial charge in [0.25, 0.3) is 0 Å². The summed E-state index contributed by atoms with van der Waals surface area (Å²) in [5.41, 5.74) is -1.50. The van der Waals surface area contributed by atoms with Gasteiger partial charge in [-0.3, -0.25) is 0 Å². The molecule has 0 aromatic carbocycles. The number of aliphatic hydroxyl groups excluding tert-OH is 4. The highest BCUT2D eigenvalue weighted by atomic mass is 16.5. The van der Waals surface area contributed by atoms with Crippen molar-refractivity contribution in [2.75, 3.05) is 13.7 Å². The second kappa shape index (κ2) is 9.38. The third kappa shape index (κ3) is 4.20. The summed E-state index contributed by atoms with van der Waals surface area (Å²) in [7, 11) is 1.14. The van der Waals surface area contributed by atoms with Crippen molar-refractivity contribution >= 4 is 18.2 Å². The molecule has 0 aromatic heterocycles. The highest BCUT2D eigenvalue weighted by molar-refractivity contribution is 5.90. The number of aldehydes is 1. The first-order valence-corrected chi connectivity index (χ1v) is 9.80. The molecule has 2 aliphatic carbocycles. The summed E-state index contributed by atoms with van der Waals surface area (Å²) < 4.78 is 10.2. The molecule has 0 bridgehead atoms. The Balaban J connectivity index is 2.45. The first kappa shape index (κ1) is 24.2. The average molecular weight is 426 g/mol. The van der Waals surface area contributed by atoms with Crippen molar-refractivity contribution in [1.82, 2.24) is 0 Å². The molecule has 0 spiro atoms. The topological polar surface area (TPSA) is 151 Å². The van der Waals surface area contributed by atoms with Gasteiger partial charge in [0.2, 0.25) is 0 Å². The Kier molecular flexibility index (Phi) is 7.57. The molecule has 4 N–H and O–H groups in total. The van der Waals surface area contributed by atoms with Gasteiger partial charge >= 0.3 is 11.9 Å². The minimum atomic E-state index is -1.53. The van der Waals surface area contributed by atoms with E-state index in [1.807, 2.05) is 0 Å². The summed E-state index contributed by atoms with van der Waals surface area (Å²) in [4.78, 5) is 36.3. The van der Waals surface area contributed by atoms with Gasteiger partial charge in [-0.1, -0.05) is 20.1 Å². The lowest BCUT2D eigenvalue weighted by Gasteiger charge is -2.56. The Morgan fingerprint density at radius 1 is 1.23 bits per heavy atom. The van der Waals surface area contributed by atoms with Gasteiger partial charge in [-0.2, -0.15) is 0 Å². The van der Waals surface area contributed by atoms with Crippen LogP contribution in [0.1, 0.15) is 26.2 Å². The molecule has 0 aliphatic heterocycles. The van der Waals surface area contributed by atoms with Crippen LogP contribution >= 0.6 is 0 Å². The number of carbonyl (C=O) groups is 3. The predicted molar refractivity (Wildman–Crippen MR) is 104 cm³/mol. The molecule has 9 heteroatoms. The van der Waals surface area contributed by atoms with Gasteiger partial charge in [0, 0.05) is 22.8 Å². The van der Waals surface area contributed by atoms with Crippen LogP contribution in [0.25, 0.3) is 0 Å². The average Bonchev–Trinajstić information content (AvgIpc) is 2.72. The van der Waals surface area contributed by atoms with E-state index in [-0.39, 0.29) is 12.0 Å². The Hall–Kier alpha value is -2.07. The van der Waals surface area contributed by atoms with Crippen LogP contribution in [-0.4, -0.2) is 76.8 Å². The molecular formula is C21H30O9. The number of aliphatic hydroxyl groups is 4. The van der Waals surface area contributed by atoms with Crippen molar-refractivity contribution in [1.29, 1.82) is 0 Å². The third-order valence-electron chi connectivity index (χ3n) is 6.66. The molecule has 2 fully saturated rings. The largest absolute Gasteiger partial charge is 0.466 e. The Morgan fingerprint density at radius 2 is 1.87 bits per heavy atom. The maximum absolute atomic E-state index is 12.5. The molecular weight excluding hydrogens is 396 g/mol. The van der Waals surface area contributed by atoms with Gasteiger partial charge in [-0.25, -0.2) is 9.59 Å². The molecule has 2 rings (SSSR count). The number of carbonyl (C=O) groups excluding carboxylic acids is 3. The molecule has 0 saturated heterocycles. The van der Waals surface area contributed by atoms with E-state index in [4.69, 9.17) is 14.6 Å². The van der Waals surface area contributed by atoms with Crippen LogP contribution in [0, 0.1) is 23.2 Å². The fourth-order valence-electron chi connectivity index (χ4n) is 4.91. The number of ether oxygens (including phenoxy) is 2. The van der Waals surface area contributed by atoms with E-state index >= 15 is 0 Å². The lowest BCUT2D eigenvalue weighted by atomic mass is 9.51. The third-order valence-corrected chi connectivity index (χ3v) is 6.66. The van der Waals surface area contributed by atoms with Gasteiger partial charge < -0.3 is 34.7 Å². The monoisotopic (exact) mass is 426 g/mol. The van der Waals surface area contributed by atoms with E-state index in [0.717, 1.165) is 13.4 Å². The molecule has 0 unspecified atom stereocenters. The summed E-state index contributed by atoms with van der Waals surface area (Å²) in [5, 5.41) is 40.6. The van der Waals surface area contributed by atoms with Crippen LogP contribution in [0.4, 0.5) is 0 Å². The van der Waals surface area contributed by atoms with Crippen molar-refractivity contribution < 1.29 is 44.3 Å². The number of esters is 2. The van der Waals surface area contributed by atoms with Crippen molar-refractivity contribution in [3.63, 3.8) is 0 Å². The first-order valence-electron chi connectivity index (χ1n) is 9.80. The SMILES string of the molecule is C=C(C(=O)OC)[C@@H]1[C@H](O)[C@@H]2[C@H](C=O)CC[C@H](O)[C@]2(C)C[C@H]1OC(=O)C(=C)[C@H](O)CO. The quantitative estimate of drug-likeness (QED) is 0.240. The maximum Gasteiger partial charge on any atom is 0.336 e. The molecule has 0 radical (unpaired) electrons. The minimum Gasteiger partial charge on any atom is -0.466 e. The Bertz CT molecular complexity index is 717. The number of hydrogen-bond acceptors (Lipinski definition) is 9. The lowest BCUT2D eigenvalue weighted by molar-refractivity contribution is -0.198. The van der Waals surface area contributed by atoms with Crippen molar-refractivity contribution in [3.05, 3.63) is 24.3 Å². The molecule has 30 heavy (non-hydrogen) atoms. The fourth-order valence-corrected chi connectivity index (χ4v) is 4.91. The molecule has 0 aromatic rings. The van der Waals surface area contributed by atoms with E-state index in [1.54, 1.807) is 6.92 Å². The minimum absolute atomic E-state index is 0.0369. The van der Waals surface area contributed by atoms with Crippen LogP contribution in [0.3, 0.4) is 0 Å². The summed E-state index contributed by atoms with van der Waals surface area (Å²) >= 11 is 0. The van der Waals surface area contributed by atoms with E-state index in [2.05, 4.69) is 13.2 Å². The Morgan fingerprint density at radius 3 is 2.40 bits per heavy atom. The smallest absolute Gasteiger partial charge is 0.336 e. The summed E-state index contributed by atoms with van der Waals surface area (Å²) in [6.07, 6.45) is -3.34. The molecule has 2 saturated carbocycles. The summed E-state index contributed by atoms with van der Waals surface area (Å²) in [6, 6.07) is 0. The Labute approximate surface area is 175 Å². The van der Waals surface area contributed by atoms with Crippen LogP contribution in [-0.2, 0) is 23.9 Å². The fraction of sp³-hybridized carbons (Fsp3) is 0.667. The maximum atomic E-state index is 12.5. The second-order valence-electron chi connectivity index (χ2n) is 8.33. The zero-order chi connectivity index (χ0) is 22.8. The van der Waals surface area contributed by atoms with Crippen molar-refractivity contribution in [2.45, 2.75) is 50.6 Å². The van der Waals surface area contributed by atoms with Crippen LogP contribution in [0.2, 0.25) is 0 Å². The molecule has 2 aliphatic rings. The van der Waals surface area contributed by atoms with E-state index < -0.39 is 71.7 Å². The van der Waals surface area contributed by atoms with Gasteiger partial charge in [0.05, 0.1) is 37.4 Å². The normalized spacial score (nSPS) is 36.7. The zero-order valence-corrected chi connectivity index (χ0v) is 17.2. The van der Waals surface area contributed by atoms with Gasteiger partial charge in [0.1, 0.15) is 18.5 Å². The number of methoxy groups -OCH3 is 1. The molecule has 0 heterocycles. The summed E-state index contributed by atoms with van der Waals surface area (Å²) in [5.74, 6) is -4.16. The molecule has 9 nitrogen and oxygen atoms in total. The van der Waals surface area contributed by atoms with E-state index in [0.29, 0.717) is 12.8 Å². The van der Waals surface area contributed by atoms with Crippen LogP contribution in [0.15, 0.2) is 24.3 Å². The van der Waals surface area contributed by atoms with Crippen LogP contribution < -0.4 is 0 Å². The second-order valence-corrected chi connectivity index (χ2v) is 8.33. The standard InChI is InChI=1S/C21H30O9/c1-10(13(24)9-23)20(28)30-14-7-21(3)15(25)6-5-12(8-22)17(21)18(26)16(14)11(2)19(27)29-4/h8,12-18,23-26H,1-2,5-7,9H2,3-4H3/t12-,13+,14+,15-,16-,17-,18-,21-/m0/s1. The zero-order valence-electron chi connectivity index (χ0n) is 17.2. The molecule has 0 amide bonds. The summed E-state index contributed by atoms with van der Waals surface area (Å²) in [6.45, 7) is 8.08. The van der Waals surface area contributed by atoms with Crippen LogP contribution in [0.5, 0.6) is 0 Å². The molecule has 8 atom stereocenters. The van der Waals surface area contributed by atoms with E-state index in [1.165, 1.54) is 0 Å². The number of rotatable bonds is 7. The molecule has 168 valence electrons. The number of hydrogen-bond donors (Lipinski definition) is 4. The first-order chi connectivity index (χ1) is 14.0.